The van der Waals surface area contributed by atoms with Gasteiger partial charge in [-0.05, 0) is 38.1 Å². The predicted octanol–water partition coefficient (Wildman–Crippen LogP) is 3.24. The van der Waals surface area contributed by atoms with Gasteiger partial charge in [-0.15, -0.1) is 0 Å². The Bertz CT molecular complexity index is 569. The monoisotopic (exact) mass is 287 g/mol. The second kappa shape index (κ2) is 7.10. The smallest absolute Gasteiger partial charge is 0.0481 e. The Morgan fingerprint density at radius 2 is 1.90 bits per heavy atom. The maximum absolute atomic E-state index is 3.64. The Morgan fingerprint density at radius 3 is 2.57 bits per heavy atom. The number of fused-ring (bicyclic) bond motifs is 1. The Morgan fingerprint density at radius 1 is 1.19 bits per heavy atom. The van der Waals surface area contributed by atoms with E-state index >= 15 is 0 Å². The molecule has 0 aliphatic heterocycles. The molecule has 0 radical (unpaired) electrons. The summed E-state index contributed by atoms with van der Waals surface area (Å²) in [6.45, 7) is 6.56. The van der Waals surface area contributed by atoms with Gasteiger partial charge in [0, 0.05) is 43.3 Å². The van der Waals surface area contributed by atoms with Crippen LogP contribution < -0.4 is 5.32 Å². The van der Waals surface area contributed by atoms with Crippen LogP contribution in [0.25, 0.3) is 10.9 Å². The molecule has 3 heteroatoms. The van der Waals surface area contributed by atoms with Crippen LogP contribution in [0.1, 0.15) is 25.8 Å². The fourth-order valence-corrected chi connectivity index (χ4v) is 2.96. The first-order chi connectivity index (χ1) is 9.99. The van der Waals surface area contributed by atoms with Crippen molar-refractivity contribution in [1.29, 1.82) is 0 Å². The summed E-state index contributed by atoms with van der Waals surface area (Å²) < 4.78 is 2.21. The predicted molar refractivity (Wildman–Crippen MR) is 91.6 cm³/mol. The highest BCUT2D eigenvalue weighted by molar-refractivity contribution is 5.83. The van der Waals surface area contributed by atoms with Gasteiger partial charge in [0.05, 0.1) is 0 Å². The molecule has 1 N–H and O–H groups in total. The van der Waals surface area contributed by atoms with E-state index < -0.39 is 0 Å². The number of nitrogens with one attached hydrogen (secondary N) is 1. The summed E-state index contributed by atoms with van der Waals surface area (Å²) >= 11 is 0. The van der Waals surface area contributed by atoms with Crippen LogP contribution in [-0.4, -0.2) is 36.1 Å². The molecule has 21 heavy (non-hydrogen) atoms. The van der Waals surface area contributed by atoms with Gasteiger partial charge in [-0.3, -0.25) is 0 Å². The average Bonchev–Trinajstić information content (AvgIpc) is 2.75. The van der Waals surface area contributed by atoms with Gasteiger partial charge in [-0.2, -0.15) is 0 Å². The first-order valence-electron chi connectivity index (χ1n) is 7.89. The van der Waals surface area contributed by atoms with E-state index in [2.05, 4.69) is 80.2 Å². The molecule has 0 amide bonds. The normalized spacial score (nSPS) is 13.5. The van der Waals surface area contributed by atoms with Crippen LogP contribution in [0.3, 0.4) is 0 Å². The van der Waals surface area contributed by atoms with Gasteiger partial charge in [0.15, 0.2) is 0 Å². The van der Waals surface area contributed by atoms with Gasteiger partial charge in [0.2, 0.25) is 0 Å². The number of aromatic nitrogens is 1. The standard InChI is InChI=1S/C18H29N3/c1-14(2)10-16(20(3)4)12-19-11-15-13-21(5)18-9-7-6-8-17(15)18/h6-9,13-14,16,19H,10-12H2,1-5H3. The number of hydrogen-bond donors (Lipinski definition) is 1. The Hall–Kier alpha value is -1.32. The van der Waals surface area contributed by atoms with Crippen molar-refractivity contribution in [3.05, 3.63) is 36.0 Å². The van der Waals surface area contributed by atoms with Gasteiger partial charge >= 0.3 is 0 Å². The number of hydrogen-bond acceptors (Lipinski definition) is 2. The molecule has 3 nitrogen and oxygen atoms in total. The quantitative estimate of drug-likeness (QED) is 0.843. The van der Waals surface area contributed by atoms with Gasteiger partial charge in [-0.1, -0.05) is 32.0 Å². The van der Waals surface area contributed by atoms with Crippen LogP contribution in [0.5, 0.6) is 0 Å². The van der Waals surface area contributed by atoms with Crippen molar-refractivity contribution in [2.24, 2.45) is 13.0 Å². The lowest BCUT2D eigenvalue weighted by Gasteiger charge is -2.26. The number of nitrogens with zero attached hydrogens (tertiary/aromatic N) is 2. The van der Waals surface area contributed by atoms with Crippen molar-refractivity contribution < 1.29 is 0 Å². The fraction of sp³-hybridized carbons (Fsp3) is 0.556. The summed E-state index contributed by atoms with van der Waals surface area (Å²) in [6.07, 6.45) is 3.47. The van der Waals surface area contributed by atoms with Crippen molar-refractivity contribution >= 4 is 10.9 Å². The minimum Gasteiger partial charge on any atom is -0.350 e. The second-order valence-corrected chi connectivity index (χ2v) is 6.66. The van der Waals surface area contributed by atoms with Crippen LogP contribution in [0.15, 0.2) is 30.5 Å². The van der Waals surface area contributed by atoms with Crippen LogP contribution in [-0.2, 0) is 13.6 Å². The summed E-state index contributed by atoms with van der Waals surface area (Å²) in [5, 5.41) is 5.00. The van der Waals surface area contributed by atoms with Crippen LogP contribution in [0.2, 0.25) is 0 Å². The molecule has 0 saturated heterocycles. The first-order valence-corrected chi connectivity index (χ1v) is 7.89. The maximum Gasteiger partial charge on any atom is 0.0481 e. The van der Waals surface area contributed by atoms with Crippen molar-refractivity contribution in [3.8, 4) is 0 Å². The molecule has 1 atom stereocenters. The average molecular weight is 287 g/mol. The van der Waals surface area contributed by atoms with E-state index in [-0.39, 0.29) is 0 Å². The summed E-state index contributed by atoms with van der Waals surface area (Å²) in [7, 11) is 6.46. The molecule has 2 aromatic rings. The molecule has 0 aliphatic rings. The lowest BCUT2D eigenvalue weighted by molar-refractivity contribution is 0.247. The minimum atomic E-state index is 0.597. The van der Waals surface area contributed by atoms with E-state index in [4.69, 9.17) is 0 Å². The van der Waals surface area contributed by atoms with E-state index in [1.165, 1.54) is 22.9 Å². The van der Waals surface area contributed by atoms with E-state index in [0.717, 1.165) is 19.0 Å². The van der Waals surface area contributed by atoms with E-state index in [9.17, 15) is 0 Å². The van der Waals surface area contributed by atoms with Crippen molar-refractivity contribution in [1.82, 2.24) is 14.8 Å². The number of aryl methyl sites for hydroxylation is 1. The molecule has 2 rings (SSSR count). The summed E-state index contributed by atoms with van der Waals surface area (Å²) in [5.74, 6) is 0.733. The maximum atomic E-state index is 3.64. The third-order valence-electron chi connectivity index (χ3n) is 4.15. The van der Waals surface area contributed by atoms with E-state index in [0.29, 0.717) is 6.04 Å². The molecule has 0 spiro atoms. The Kier molecular flexibility index (Phi) is 5.43. The van der Waals surface area contributed by atoms with Crippen LogP contribution >= 0.6 is 0 Å². The van der Waals surface area contributed by atoms with Crippen LogP contribution in [0.4, 0.5) is 0 Å². The lowest BCUT2D eigenvalue weighted by Crippen LogP contribution is -2.38. The zero-order valence-corrected chi connectivity index (χ0v) is 14.1. The van der Waals surface area contributed by atoms with Gasteiger partial charge in [0.1, 0.15) is 0 Å². The van der Waals surface area contributed by atoms with Gasteiger partial charge in [0.25, 0.3) is 0 Å². The van der Waals surface area contributed by atoms with Gasteiger partial charge < -0.3 is 14.8 Å². The second-order valence-electron chi connectivity index (χ2n) is 6.66. The number of rotatable bonds is 7. The van der Waals surface area contributed by atoms with Crippen molar-refractivity contribution in [3.63, 3.8) is 0 Å². The molecule has 0 bridgehead atoms. The minimum absolute atomic E-state index is 0.597. The summed E-state index contributed by atoms with van der Waals surface area (Å²) in [5.41, 5.74) is 2.69. The highest BCUT2D eigenvalue weighted by Crippen LogP contribution is 2.20. The van der Waals surface area contributed by atoms with E-state index in [1.54, 1.807) is 0 Å². The molecule has 1 heterocycles. The van der Waals surface area contributed by atoms with Crippen molar-refractivity contribution in [2.45, 2.75) is 32.9 Å². The zero-order chi connectivity index (χ0) is 15.4. The molecule has 0 fully saturated rings. The highest BCUT2D eigenvalue weighted by atomic mass is 15.1. The summed E-state index contributed by atoms with van der Waals surface area (Å²) in [6, 6.07) is 9.21. The fourth-order valence-electron chi connectivity index (χ4n) is 2.96. The lowest BCUT2D eigenvalue weighted by atomic mass is 10.0. The molecule has 0 saturated carbocycles. The van der Waals surface area contributed by atoms with E-state index in [1.807, 2.05) is 0 Å². The molecule has 1 aromatic carbocycles. The molecule has 0 aliphatic carbocycles. The Balaban J connectivity index is 1.98. The third kappa shape index (κ3) is 4.08. The molecule has 1 aromatic heterocycles. The SMILES string of the molecule is CC(C)CC(CNCc1cn(C)c2ccccc12)N(C)C. The Labute approximate surface area is 128 Å². The third-order valence-corrected chi connectivity index (χ3v) is 4.15. The molecular weight excluding hydrogens is 258 g/mol. The topological polar surface area (TPSA) is 20.2 Å². The molecular formula is C18H29N3. The van der Waals surface area contributed by atoms with Crippen molar-refractivity contribution in [2.75, 3.05) is 20.6 Å². The number of likely N-dealkylation sites (N-methyl/N-ethyl adjacent to an activating group) is 1. The number of para-hydroxylation sites is 1. The summed E-state index contributed by atoms with van der Waals surface area (Å²) in [4.78, 5) is 2.33. The van der Waals surface area contributed by atoms with Gasteiger partial charge in [-0.25, -0.2) is 0 Å². The zero-order valence-electron chi connectivity index (χ0n) is 14.1. The first kappa shape index (κ1) is 16.1. The molecule has 1 unspecified atom stereocenters. The highest BCUT2D eigenvalue weighted by Gasteiger charge is 2.13. The molecule has 116 valence electrons. The number of benzene rings is 1. The van der Waals surface area contributed by atoms with Crippen LogP contribution in [0, 0.1) is 5.92 Å². The largest absolute Gasteiger partial charge is 0.350 e.